The van der Waals surface area contributed by atoms with Crippen molar-refractivity contribution in [2.75, 3.05) is 6.54 Å². The summed E-state index contributed by atoms with van der Waals surface area (Å²) in [6.45, 7) is 1.63. The van der Waals surface area contributed by atoms with Crippen molar-refractivity contribution in [2.45, 2.75) is 26.2 Å². The molecular weight excluding hydrogens is 340 g/mol. The zero-order valence-corrected chi connectivity index (χ0v) is 14.8. The summed E-state index contributed by atoms with van der Waals surface area (Å²) in [5.41, 5.74) is 4.50. The fraction of sp³-hybridized carbons (Fsp3) is 0.526. The molecule has 0 spiro atoms. The number of nitriles is 1. The van der Waals surface area contributed by atoms with Crippen LogP contribution in [0.3, 0.4) is 0 Å². The lowest BCUT2D eigenvalue weighted by Crippen LogP contribution is -2.48. The molecule has 2 fully saturated rings. The highest BCUT2D eigenvalue weighted by molar-refractivity contribution is 6.30. The Kier molecular flexibility index (Phi) is 4.38. The minimum atomic E-state index is -1.33. The molecule has 0 radical (unpaired) electrons. The predicted octanol–water partition coefficient (Wildman–Crippen LogP) is 2.67. The van der Waals surface area contributed by atoms with Gasteiger partial charge in [-0.1, -0.05) is 30.7 Å². The van der Waals surface area contributed by atoms with Crippen molar-refractivity contribution in [3.8, 4) is 6.07 Å². The van der Waals surface area contributed by atoms with Gasteiger partial charge in [0.2, 0.25) is 0 Å². The van der Waals surface area contributed by atoms with Crippen LogP contribution in [0, 0.1) is 39.9 Å². The zero-order valence-electron chi connectivity index (χ0n) is 14.0. The summed E-state index contributed by atoms with van der Waals surface area (Å²) in [4.78, 5) is 24.5. The summed E-state index contributed by atoms with van der Waals surface area (Å²) in [6, 6.07) is 9.58. The Morgan fingerprint density at radius 3 is 2.52 bits per heavy atom. The quantitative estimate of drug-likeness (QED) is 0.811. The van der Waals surface area contributed by atoms with Gasteiger partial charge in [-0.3, -0.25) is 9.59 Å². The third-order valence-corrected chi connectivity index (χ3v) is 6.69. The lowest BCUT2D eigenvalue weighted by Gasteiger charge is -2.37. The molecule has 2 aliphatic carbocycles. The van der Waals surface area contributed by atoms with Crippen LogP contribution in [-0.4, -0.2) is 23.4 Å². The number of halogens is 1. The van der Waals surface area contributed by atoms with Gasteiger partial charge < -0.3 is 10.8 Å². The van der Waals surface area contributed by atoms with Crippen LogP contribution in [0.25, 0.3) is 0 Å². The van der Waals surface area contributed by atoms with Crippen molar-refractivity contribution in [3.63, 3.8) is 0 Å². The number of benzene rings is 1. The van der Waals surface area contributed by atoms with Gasteiger partial charge >= 0.3 is 5.97 Å². The van der Waals surface area contributed by atoms with Gasteiger partial charge in [-0.05, 0) is 48.8 Å². The Morgan fingerprint density at radius 2 is 2.04 bits per heavy atom. The molecule has 5 atom stereocenters. The summed E-state index contributed by atoms with van der Waals surface area (Å²) in [5.74, 6) is -2.24. The topological polar surface area (TPSA) is 104 Å². The van der Waals surface area contributed by atoms with Gasteiger partial charge in [-0.2, -0.15) is 5.26 Å². The van der Waals surface area contributed by atoms with Crippen LogP contribution in [0.1, 0.15) is 25.3 Å². The molecule has 0 heterocycles. The number of aliphatic carboxylic acids is 1. The van der Waals surface area contributed by atoms with Crippen LogP contribution in [0.2, 0.25) is 5.02 Å². The summed E-state index contributed by atoms with van der Waals surface area (Å²) in [7, 11) is 0. The largest absolute Gasteiger partial charge is 0.481 e. The normalized spacial score (nSPS) is 35.7. The van der Waals surface area contributed by atoms with Crippen LogP contribution in [0.5, 0.6) is 0 Å². The van der Waals surface area contributed by atoms with Crippen molar-refractivity contribution in [1.29, 1.82) is 5.26 Å². The second-order valence-electron chi connectivity index (χ2n) is 7.13. The molecule has 2 saturated carbocycles. The van der Waals surface area contributed by atoms with E-state index < -0.39 is 22.7 Å². The number of fused-ring (bicyclic) bond motifs is 1. The molecule has 5 nitrogen and oxygen atoms in total. The molecule has 0 bridgehead atoms. The van der Waals surface area contributed by atoms with E-state index in [1.54, 1.807) is 12.1 Å². The van der Waals surface area contributed by atoms with Crippen molar-refractivity contribution in [2.24, 2.45) is 34.3 Å². The molecule has 1 aromatic carbocycles. The van der Waals surface area contributed by atoms with Gasteiger partial charge in [0, 0.05) is 10.4 Å². The van der Waals surface area contributed by atoms with E-state index in [9.17, 15) is 20.0 Å². The minimum absolute atomic E-state index is 0.137. The second kappa shape index (κ2) is 6.12. The van der Waals surface area contributed by atoms with E-state index in [-0.39, 0.29) is 24.2 Å². The number of rotatable bonds is 6. The molecule has 0 aromatic heterocycles. The number of nitrogens with zero attached hydrogens (tertiary/aromatic N) is 1. The maximum Gasteiger partial charge on any atom is 0.307 e. The second-order valence-corrected chi connectivity index (χ2v) is 7.56. The predicted molar refractivity (Wildman–Crippen MR) is 92.7 cm³/mol. The van der Waals surface area contributed by atoms with E-state index >= 15 is 0 Å². The van der Waals surface area contributed by atoms with Crippen molar-refractivity contribution >= 4 is 23.4 Å². The highest BCUT2D eigenvalue weighted by Crippen LogP contribution is 2.79. The Morgan fingerprint density at radius 1 is 1.40 bits per heavy atom. The van der Waals surface area contributed by atoms with Crippen LogP contribution >= 0.6 is 11.6 Å². The molecule has 6 heteroatoms. The Labute approximate surface area is 151 Å². The van der Waals surface area contributed by atoms with Crippen molar-refractivity contribution in [3.05, 3.63) is 34.9 Å². The van der Waals surface area contributed by atoms with E-state index in [1.165, 1.54) is 0 Å². The number of hydrogen-bond acceptors (Lipinski definition) is 4. The fourth-order valence-electron chi connectivity index (χ4n) is 5.47. The number of carboxylic acid groups (broad SMARTS) is 1. The van der Waals surface area contributed by atoms with E-state index in [0.29, 0.717) is 24.3 Å². The van der Waals surface area contributed by atoms with Crippen molar-refractivity contribution in [1.82, 2.24) is 0 Å². The number of Topliss-reactive ketones (excluding diaryl/α,β-unsaturated/α-hetero) is 1. The first-order valence-corrected chi connectivity index (χ1v) is 8.88. The van der Waals surface area contributed by atoms with Crippen LogP contribution < -0.4 is 5.73 Å². The maximum absolute atomic E-state index is 12.8. The maximum atomic E-state index is 12.8. The average Bonchev–Trinajstić information content (AvgIpc) is 3.18. The molecule has 5 unspecified atom stereocenters. The molecule has 0 amide bonds. The average molecular weight is 361 g/mol. The summed E-state index contributed by atoms with van der Waals surface area (Å²) in [5, 5.41) is 20.3. The number of carboxylic acids is 1. The molecule has 0 saturated heterocycles. The van der Waals surface area contributed by atoms with E-state index in [1.807, 2.05) is 19.1 Å². The van der Waals surface area contributed by atoms with Crippen LogP contribution in [0.4, 0.5) is 0 Å². The Bertz CT molecular complexity index is 757. The molecule has 1 aromatic rings. The molecule has 0 aliphatic heterocycles. The summed E-state index contributed by atoms with van der Waals surface area (Å²) >= 11 is 5.93. The smallest absolute Gasteiger partial charge is 0.307 e. The number of carbonyl (C=O) groups is 2. The minimum Gasteiger partial charge on any atom is -0.481 e. The lowest BCUT2D eigenvalue weighted by molar-refractivity contribution is -0.142. The van der Waals surface area contributed by atoms with Gasteiger partial charge in [0.15, 0.2) is 5.78 Å². The third kappa shape index (κ3) is 2.24. The summed E-state index contributed by atoms with van der Waals surface area (Å²) in [6.07, 6.45) is 1.60. The highest BCUT2D eigenvalue weighted by atomic mass is 35.5. The van der Waals surface area contributed by atoms with Gasteiger partial charge in [0.05, 0.1) is 18.5 Å². The van der Waals surface area contributed by atoms with Gasteiger partial charge in [-0.15, -0.1) is 0 Å². The Hall–Kier alpha value is -1.90. The van der Waals surface area contributed by atoms with Gasteiger partial charge in [0.25, 0.3) is 0 Å². The monoisotopic (exact) mass is 360 g/mol. The first kappa shape index (κ1) is 17.9. The zero-order chi connectivity index (χ0) is 18.4. The van der Waals surface area contributed by atoms with Crippen LogP contribution in [0.15, 0.2) is 24.3 Å². The number of carbonyl (C=O) groups excluding carboxylic acids is 1. The Balaban J connectivity index is 2.03. The van der Waals surface area contributed by atoms with E-state index in [2.05, 4.69) is 6.07 Å². The van der Waals surface area contributed by atoms with Gasteiger partial charge in [0.1, 0.15) is 5.41 Å². The molecule has 132 valence electrons. The standard InChI is InChI=1S/C19H21ClN2O3/c1-2-18-14(16(18)17(24)25)8-12(19(18,10-22)15(23)9-21)7-11-3-5-13(20)6-4-11/h3-6,12,14,16H,2,7-9,21H2,1H3,(H,24,25). The number of hydrogen-bond donors (Lipinski definition) is 2. The number of ketones is 1. The lowest BCUT2D eigenvalue weighted by atomic mass is 9.62. The molecule has 25 heavy (non-hydrogen) atoms. The van der Waals surface area contributed by atoms with E-state index in [4.69, 9.17) is 17.3 Å². The third-order valence-electron chi connectivity index (χ3n) is 6.44. The number of nitrogens with two attached hydrogens (primary N) is 1. The summed E-state index contributed by atoms with van der Waals surface area (Å²) < 4.78 is 0. The molecule has 3 rings (SSSR count). The van der Waals surface area contributed by atoms with Gasteiger partial charge in [-0.25, -0.2) is 0 Å². The van der Waals surface area contributed by atoms with Crippen molar-refractivity contribution < 1.29 is 14.7 Å². The molecule has 2 aliphatic rings. The van der Waals surface area contributed by atoms with Crippen LogP contribution in [-0.2, 0) is 16.0 Å². The SMILES string of the molecule is CCC12C(CC(Cc3ccc(Cl)cc3)C1(C#N)C(=O)CN)C2C(=O)O. The molecule has 3 N–H and O–H groups in total. The first-order chi connectivity index (χ1) is 11.9. The first-order valence-electron chi connectivity index (χ1n) is 8.50. The fourth-order valence-corrected chi connectivity index (χ4v) is 5.59. The van der Waals surface area contributed by atoms with E-state index in [0.717, 1.165) is 5.56 Å². The molecular formula is C19H21ClN2O3. The highest BCUT2D eigenvalue weighted by Gasteiger charge is 2.83.